The second-order valence-corrected chi connectivity index (χ2v) is 6.25. The summed E-state index contributed by atoms with van der Waals surface area (Å²) in [5.41, 5.74) is 0. The lowest BCUT2D eigenvalue weighted by molar-refractivity contribution is -0.127. The first-order valence-corrected chi connectivity index (χ1v) is 8.99. The Morgan fingerprint density at radius 3 is 2.60 bits per heavy atom. The lowest BCUT2D eigenvalue weighted by Gasteiger charge is -2.20. The van der Waals surface area contributed by atoms with E-state index in [9.17, 15) is 4.79 Å². The molecule has 1 atom stereocenters. The van der Waals surface area contributed by atoms with Crippen LogP contribution in [-0.2, 0) is 4.79 Å². The topological polar surface area (TPSA) is 66.0 Å². The molecule has 0 radical (unpaired) electrons. The summed E-state index contributed by atoms with van der Waals surface area (Å²) in [7, 11) is 3.43. The van der Waals surface area contributed by atoms with E-state index in [0.717, 1.165) is 19.4 Å². The van der Waals surface area contributed by atoms with Gasteiger partial charge in [0.2, 0.25) is 5.91 Å². The predicted octanol–water partition coefficient (Wildman–Crippen LogP) is 2.53. The molecule has 1 aromatic rings. The maximum atomic E-state index is 11.7. The quantitative estimate of drug-likeness (QED) is 0.519. The Bertz CT molecular complexity index is 564. The zero-order chi connectivity index (χ0) is 18.7. The second-order valence-electron chi connectivity index (χ2n) is 5.84. The average Bonchev–Trinajstić information content (AvgIpc) is 2.60. The molecule has 0 aliphatic rings. The number of hydrogen-bond donors (Lipinski definition) is 2. The summed E-state index contributed by atoms with van der Waals surface area (Å²) in [4.78, 5) is 17.6. The number of hydrogen-bond acceptors (Lipinski definition) is 3. The molecule has 1 amide bonds. The number of aliphatic imine (C=N–C) groups is 1. The minimum absolute atomic E-state index is 0.0445. The van der Waals surface area contributed by atoms with E-state index in [4.69, 9.17) is 16.3 Å². The summed E-state index contributed by atoms with van der Waals surface area (Å²) >= 11 is 6.15. The number of guanidine groups is 1. The van der Waals surface area contributed by atoms with Gasteiger partial charge in [0.1, 0.15) is 18.4 Å². The number of nitrogens with zero attached hydrogens (tertiary/aromatic N) is 2. The van der Waals surface area contributed by atoms with Crippen molar-refractivity contribution < 1.29 is 9.53 Å². The number of halogens is 1. The van der Waals surface area contributed by atoms with Crippen molar-refractivity contribution >= 4 is 23.5 Å². The van der Waals surface area contributed by atoms with E-state index in [0.29, 0.717) is 23.3 Å². The number of rotatable bonds is 9. The van der Waals surface area contributed by atoms with Crippen LogP contribution in [0.3, 0.4) is 0 Å². The van der Waals surface area contributed by atoms with Crippen LogP contribution in [0.5, 0.6) is 5.75 Å². The van der Waals surface area contributed by atoms with Crippen molar-refractivity contribution in [1.82, 2.24) is 15.5 Å². The van der Waals surface area contributed by atoms with Crippen LogP contribution in [0.15, 0.2) is 29.3 Å². The van der Waals surface area contributed by atoms with Gasteiger partial charge in [-0.3, -0.25) is 4.79 Å². The Morgan fingerprint density at radius 2 is 2.00 bits per heavy atom. The minimum Gasteiger partial charge on any atom is -0.487 e. The van der Waals surface area contributed by atoms with Crippen LogP contribution in [-0.4, -0.2) is 56.6 Å². The van der Waals surface area contributed by atoms with Crippen LogP contribution in [0.25, 0.3) is 0 Å². The van der Waals surface area contributed by atoms with Gasteiger partial charge in [-0.25, -0.2) is 4.99 Å². The van der Waals surface area contributed by atoms with Crippen molar-refractivity contribution in [3.63, 3.8) is 0 Å². The number of likely N-dealkylation sites (N-methyl/N-ethyl adjacent to an activating group) is 1. The average molecular weight is 369 g/mol. The number of ether oxygens (including phenoxy) is 1. The molecule has 7 heteroatoms. The van der Waals surface area contributed by atoms with Crippen LogP contribution in [0.2, 0.25) is 5.02 Å². The molecule has 1 rings (SSSR count). The van der Waals surface area contributed by atoms with Gasteiger partial charge < -0.3 is 20.3 Å². The lowest BCUT2D eigenvalue weighted by atomic mass is 10.2. The van der Waals surface area contributed by atoms with E-state index < -0.39 is 0 Å². The van der Waals surface area contributed by atoms with Gasteiger partial charge in [0, 0.05) is 20.6 Å². The summed E-state index contributed by atoms with van der Waals surface area (Å²) in [6.07, 6.45) is 1.73. The third-order valence-electron chi connectivity index (χ3n) is 3.50. The summed E-state index contributed by atoms with van der Waals surface area (Å²) in [5.74, 6) is 1.23. The van der Waals surface area contributed by atoms with Gasteiger partial charge in [-0.15, -0.1) is 0 Å². The second kappa shape index (κ2) is 11.6. The number of para-hydroxylation sites is 1. The van der Waals surface area contributed by atoms with Gasteiger partial charge >= 0.3 is 0 Å². The van der Waals surface area contributed by atoms with E-state index in [1.54, 1.807) is 20.2 Å². The highest BCUT2D eigenvalue weighted by Crippen LogP contribution is 2.24. The standard InChI is InChI=1S/C18H29ClN4O2/c1-5-11-20-18(22-13-17(24)23(3)4)21-12-14(6-2)25-16-10-8-7-9-15(16)19/h7-10,14H,5-6,11-13H2,1-4H3,(H2,20,21,22). The van der Waals surface area contributed by atoms with Crippen molar-refractivity contribution in [3.05, 3.63) is 29.3 Å². The third kappa shape index (κ3) is 8.12. The molecule has 0 aromatic heterocycles. The fourth-order valence-corrected chi connectivity index (χ4v) is 2.09. The zero-order valence-corrected chi connectivity index (χ0v) is 16.3. The fraction of sp³-hybridized carbons (Fsp3) is 0.556. The van der Waals surface area contributed by atoms with Crippen LogP contribution in [0.1, 0.15) is 26.7 Å². The highest BCUT2D eigenvalue weighted by molar-refractivity contribution is 6.32. The Kier molecular flexibility index (Phi) is 9.77. The normalized spacial score (nSPS) is 12.4. The predicted molar refractivity (Wildman–Crippen MR) is 103 cm³/mol. The van der Waals surface area contributed by atoms with E-state index in [2.05, 4.69) is 29.5 Å². The molecule has 25 heavy (non-hydrogen) atoms. The highest BCUT2D eigenvalue weighted by Gasteiger charge is 2.12. The third-order valence-corrected chi connectivity index (χ3v) is 3.81. The molecule has 0 bridgehead atoms. The Morgan fingerprint density at radius 1 is 1.28 bits per heavy atom. The molecule has 6 nitrogen and oxygen atoms in total. The first-order chi connectivity index (χ1) is 12.0. The molecule has 0 saturated heterocycles. The van der Waals surface area contributed by atoms with E-state index >= 15 is 0 Å². The number of benzene rings is 1. The van der Waals surface area contributed by atoms with Gasteiger partial charge in [-0.05, 0) is 25.0 Å². The lowest BCUT2D eigenvalue weighted by Crippen LogP contribution is -2.43. The summed E-state index contributed by atoms with van der Waals surface area (Å²) < 4.78 is 5.96. The molecule has 0 fully saturated rings. The molecule has 0 heterocycles. The molecule has 140 valence electrons. The van der Waals surface area contributed by atoms with Crippen molar-refractivity contribution in [1.29, 1.82) is 0 Å². The van der Waals surface area contributed by atoms with Gasteiger partial charge in [0.25, 0.3) is 0 Å². The van der Waals surface area contributed by atoms with Gasteiger partial charge in [-0.1, -0.05) is 37.6 Å². The molecule has 0 aliphatic heterocycles. The Balaban J connectivity index is 2.64. The molecule has 0 aliphatic carbocycles. The maximum Gasteiger partial charge on any atom is 0.243 e. The summed E-state index contributed by atoms with van der Waals surface area (Å²) in [5, 5.41) is 7.04. The van der Waals surface area contributed by atoms with Crippen LogP contribution in [0, 0.1) is 0 Å². The molecule has 0 saturated carbocycles. The van der Waals surface area contributed by atoms with E-state index in [1.807, 2.05) is 18.2 Å². The van der Waals surface area contributed by atoms with Crippen molar-refractivity contribution in [3.8, 4) is 5.75 Å². The molecular formula is C18H29ClN4O2. The first-order valence-electron chi connectivity index (χ1n) is 8.61. The van der Waals surface area contributed by atoms with Gasteiger partial charge in [-0.2, -0.15) is 0 Å². The Hall–Kier alpha value is -1.95. The van der Waals surface area contributed by atoms with Gasteiger partial charge in [0.05, 0.1) is 11.6 Å². The summed E-state index contributed by atoms with van der Waals surface area (Å²) in [6, 6.07) is 7.42. The van der Waals surface area contributed by atoms with Crippen molar-refractivity contribution in [2.24, 2.45) is 4.99 Å². The minimum atomic E-state index is -0.0573. The SMILES string of the molecule is CCCNC(=NCC(=O)N(C)C)NCC(CC)Oc1ccccc1Cl. The van der Waals surface area contributed by atoms with Crippen molar-refractivity contribution in [2.75, 3.05) is 33.7 Å². The largest absolute Gasteiger partial charge is 0.487 e. The zero-order valence-electron chi connectivity index (χ0n) is 15.5. The van der Waals surface area contributed by atoms with Crippen LogP contribution in [0.4, 0.5) is 0 Å². The van der Waals surface area contributed by atoms with Crippen molar-refractivity contribution in [2.45, 2.75) is 32.8 Å². The number of nitrogens with one attached hydrogen (secondary N) is 2. The number of carbonyl (C=O) groups is 1. The highest BCUT2D eigenvalue weighted by atomic mass is 35.5. The maximum absolute atomic E-state index is 11.7. The molecule has 2 N–H and O–H groups in total. The summed E-state index contributed by atoms with van der Waals surface area (Å²) in [6.45, 7) is 5.58. The smallest absolute Gasteiger partial charge is 0.243 e. The molecular weight excluding hydrogens is 340 g/mol. The number of amides is 1. The Labute approximate surface area is 155 Å². The van der Waals surface area contributed by atoms with Crippen LogP contribution >= 0.6 is 11.6 Å². The van der Waals surface area contributed by atoms with E-state index in [1.165, 1.54) is 4.90 Å². The van der Waals surface area contributed by atoms with E-state index in [-0.39, 0.29) is 18.6 Å². The number of carbonyl (C=O) groups excluding carboxylic acids is 1. The molecule has 1 unspecified atom stereocenters. The first kappa shape index (κ1) is 21.1. The fourth-order valence-electron chi connectivity index (χ4n) is 1.91. The molecule has 1 aromatic carbocycles. The van der Waals surface area contributed by atoms with Crippen LogP contribution < -0.4 is 15.4 Å². The van der Waals surface area contributed by atoms with Gasteiger partial charge in [0.15, 0.2) is 5.96 Å². The molecule has 0 spiro atoms. The monoisotopic (exact) mass is 368 g/mol.